The van der Waals surface area contributed by atoms with Gasteiger partial charge >= 0.3 is 0 Å². The number of carbonyl (C=O) groups is 2. The minimum atomic E-state index is -0.749. The molecule has 0 bridgehead atoms. The lowest BCUT2D eigenvalue weighted by atomic mass is 10.0. The third kappa shape index (κ3) is 3.26. The number of benzene rings is 2. The van der Waals surface area contributed by atoms with E-state index >= 15 is 0 Å². The molecule has 0 fully saturated rings. The van der Waals surface area contributed by atoms with Crippen LogP contribution in [0.3, 0.4) is 0 Å². The van der Waals surface area contributed by atoms with Crippen molar-refractivity contribution in [1.82, 2.24) is 9.78 Å². The first kappa shape index (κ1) is 17.9. The summed E-state index contributed by atoms with van der Waals surface area (Å²) in [6.45, 7) is 3.88. The number of aromatic nitrogens is 2. The highest BCUT2D eigenvalue weighted by molar-refractivity contribution is 6.04. The molecule has 2 heterocycles. The van der Waals surface area contributed by atoms with E-state index in [1.807, 2.05) is 38.1 Å². The molecule has 0 radical (unpaired) electrons. The van der Waals surface area contributed by atoms with Gasteiger partial charge in [0.1, 0.15) is 17.7 Å². The number of halogens is 1. The summed E-state index contributed by atoms with van der Waals surface area (Å²) in [6, 6.07) is 12.8. The van der Waals surface area contributed by atoms with Crippen LogP contribution < -0.4 is 10.6 Å². The molecule has 6 nitrogen and oxygen atoms in total. The predicted molar refractivity (Wildman–Crippen MR) is 104 cm³/mol. The van der Waals surface area contributed by atoms with Crippen LogP contribution in [0.2, 0.25) is 0 Å². The molecule has 1 aliphatic rings. The molecule has 1 atom stereocenters. The van der Waals surface area contributed by atoms with Gasteiger partial charge in [-0.05, 0) is 37.6 Å². The van der Waals surface area contributed by atoms with Crippen LogP contribution in [0.15, 0.2) is 48.5 Å². The number of nitrogens with one attached hydrogen (secondary N) is 2. The Kier molecular flexibility index (Phi) is 4.43. The Morgan fingerprint density at radius 3 is 2.68 bits per heavy atom. The molecular formula is C21H19FN4O2. The van der Waals surface area contributed by atoms with Gasteiger partial charge in [0.2, 0.25) is 5.91 Å². The van der Waals surface area contributed by atoms with E-state index in [4.69, 9.17) is 0 Å². The molecule has 28 heavy (non-hydrogen) atoms. The number of aryl methyl sites for hydroxylation is 2. The monoisotopic (exact) mass is 378 g/mol. The van der Waals surface area contributed by atoms with Crippen molar-refractivity contribution in [3.05, 3.63) is 65.6 Å². The Labute approximate surface area is 161 Å². The summed E-state index contributed by atoms with van der Waals surface area (Å²) in [5.74, 6) is -0.520. The molecule has 1 unspecified atom stereocenters. The largest absolute Gasteiger partial charge is 0.326 e. The Hall–Kier alpha value is -3.48. The van der Waals surface area contributed by atoms with Gasteiger partial charge in [-0.15, -0.1) is 0 Å². The van der Waals surface area contributed by atoms with Crippen molar-refractivity contribution < 1.29 is 14.0 Å². The predicted octanol–water partition coefficient (Wildman–Crippen LogP) is 3.83. The number of fused-ring (bicyclic) bond motifs is 1. The zero-order valence-electron chi connectivity index (χ0n) is 15.5. The standard InChI is InChI=1S/C21H19FN4O2/c1-12-6-8-14(9-7-12)19-13(2)25-26-17(21(28)24-20(19)26)11-18(27)23-16-5-3-4-15(22)10-16/h3-10,17H,11H2,1-2H3,(H,23,27)(H,24,28). The molecule has 0 saturated carbocycles. The number of amides is 2. The average Bonchev–Trinajstić information content (AvgIpc) is 3.10. The topological polar surface area (TPSA) is 76.0 Å². The maximum absolute atomic E-state index is 13.3. The van der Waals surface area contributed by atoms with Gasteiger partial charge in [0, 0.05) is 11.3 Å². The maximum Gasteiger partial charge on any atom is 0.251 e. The van der Waals surface area contributed by atoms with Crippen LogP contribution in [-0.4, -0.2) is 21.6 Å². The van der Waals surface area contributed by atoms with Crippen LogP contribution in [0.1, 0.15) is 23.7 Å². The van der Waals surface area contributed by atoms with E-state index < -0.39 is 11.9 Å². The molecular weight excluding hydrogens is 359 g/mol. The lowest BCUT2D eigenvalue weighted by molar-refractivity contribution is -0.123. The Balaban J connectivity index is 1.58. The molecule has 0 aliphatic carbocycles. The fraction of sp³-hybridized carbons (Fsp3) is 0.190. The second-order valence-electron chi connectivity index (χ2n) is 6.89. The summed E-state index contributed by atoms with van der Waals surface area (Å²) in [4.78, 5) is 24.9. The quantitative estimate of drug-likeness (QED) is 0.724. The number of rotatable bonds is 4. The summed E-state index contributed by atoms with van der Waals surface area (Å²) in [6.07, 6.45) is -0.0934. The van der Waals surface area contributed by atoms with Crippen molar-refractivity contribution in [3.8, 4) is 11.1 Å². The smallest absolute Gasteiger partial charge is 0.251 e. The highest BCUT2D eigenvalue weighted by Crippen LogP contribution is 2.38. The van der Waals surface area contributed by atoms with Gasteiger partial charge in [0.25, 0.3) is 5.91 Å². The molecule has 3 aromatic rings. The van der Waals surface area contributed by atoms with Crippen LogP contribution >= 0.6 is 0 Å². The van der Waals surface area contributed by atoms with Gasteiger partial charge in [-0.25, -0.2) is 9.07 Å². The van der Waals surface area contributed by atoms with E-state index in [1.165, 1.54) is 18.2 Å². The van der Waals surface area contributed by atoms with E-state index in [1.54, 1.807) is 10.7 Å². The van der Waals surface area contributed by atoms with E-state index in [-0.39, 0.29) is 18.2 Å². The van der Waals surface area contributed by atoms with Gasteiger partial charge in [-0.3, -0.25) is 9.59 Å². The molecule has 0 spiro atoms. The normalized spacial score (nSPS) is 15.2. The summed E-state index contributed by atoms with van der Waals surface area (Å²) in [7, 11) is 0. The molecule has 7 heteroatoms. The van der Waals surface area contributed by atoms with E-state index in [0.29, 0.717) is 11.5 Å². The number of anilines is 2. The minimum Gasteiger partial charge on any atom is -0.326 e. The number of hydrogen-bond donors (Lipinski definition) is 2. The second kappa shape index (κ2) is 6.92. The van der Waals surface area contributed by atoms with Crippen LogP contribution in [0.5, 0.6) is 0 Å². The lowest BCUT2D eigenvalue weighted by Crippen LogP contribution is -2.23. The summed E-state index contributed by atoms with van der Waals surface area (Å²) >= 11 is 0. The van der Waals surface area contributed by atoms with E-state index in [9.17, 15) is 14.0 Å². The maximum atomic E-state index is 13.3. The van der Waals surface area contributed by atoms with Crippen molar-refractivity contribution >= 4 is 23.3 Å². The fourth-order valence-corrected chi connectivity index (χ4v) is 3.40. The molecule has 142 valence electrons. The van der Waals surface area contributed by atoms with Crippen LogP contribution in [0.25, 0.3) is 11.1 Å². The van der Waals surface area contributed by atoms with Gasteiger partial charge < -0.3 is 10.6 Å². The second-order valence-corrected chi connectivity index (χ2v) is 6.89. The number of hydrogen-bond acceptors (Lipinski definition) is 3. The summed E-state index contributed by atoms with van der Waals surface area (Å²) < 4.78 is 14.9. The molecule has 2 N–H and O–H groups in total. The zero-order valence-corrected chi connectivity index (χ0v) is 15.5. The molecule has 0 saturated heterocycles. The van der Waals surface area contributed by atoms with Crippen LogP contribution in [0, 0.1) is 19.7 Å². The molecule has 4 rings (SSSR count). The highest BCUT2D eigenvalue weighted by atomic mass is 19.1. The molecule has 1 aliphatic heterocycles. The average molecular weight is 378 g/mol. The van der Waals surface area contributed by atoms with Crippen molar-refractivity contribution in [2.75, 3.05) is 10.6 Å². The third-order valence-electron chi connectivity index (χ3n) is 4.75. The third-order valence-corrected chi connectivity index (χ3v) is 4.75. The number of nitrogens with zero attached hydrogens (tertiary/aromatic N) is 2. The first-order chi connectivity index (χ1) is 13.4. The van der Waals surface area contributed by atoms with Crippen molar-refractivity contribution in [3.63, 3.8) is 0 Å². The lowest BCUT2D eigenvalue weighted by Gasteiger charge is -2.10. The summed E-state index contributed by atoms with van der Waals surface area (Å²) in [5.41, 5.74) is 4.06. The minimum absolute atomic E-state index is 0.0934. The van der Waals surface area contributed by atoms with Crippen molar-refractivity contribution in [2.24, 2.45) is 0 Å². The van der Waals surface area contributed by atoms with Gasteiger partial charge in [-0.2, -0.15) is 5.10 Å². The Bertz CT molecular complexity index is 1070. The first-order valence-electron chi connectivity index (χ1n) is 8.95. The van der Waals surface area contributed by atoms with Crippen molar-refractivity contribution in [1.29, 1.82) is 0 Å². The zero-order chi connectivity index (χ0) is 19.8. The Morgan fingerprint density at radius 2 is 1.96 bits per heavy atom. The van der Waals surface area contributed by atoms with Crippen molar-refractivity contribution in [2.45, 2.75) is 26.3 Å². The van der Waals surface area contributed by atoms with E-state index in [2.05, 4.69) is 15.7 Å². The first-order valence-corrected chi connectivity index (χ1v) is 8.95. The van der Waals surface area contributed by atoms with Crippen LogP contribution in [0.4, 0.5) is 15.9 Å². The molecule has 1 aromatic heterocycles. The van der Waals surface area contributed by atoms with Gasteiger partial charge in [0.15, 0.2) is 0 Å². The summed E-state index contributed by atoms with van der Waals surface area (Å²) in [5, 5.41) is 9.96. The van der Waals surface area contributed by atoms with Crippen LogP contribution in [-0.2, 0) is 9.59 Å². The fourth-order valence-electron chi connectivity index (χ4n) is 3.40. The van der Waals surface area contributed by atoms with Gasteiger partial charge in [0.05, 0.1) is 12.1 Å². The van der Waals surface area contributed by atoms with Gasteiger partial charge in [-0.1, -0.05) is 35.9 Å². The number of carbonyl (C=O) groups excluding carboxylic acids is 2. The Morgan fingerprint density at radius 1 is 1.21 bits per heavy atom. The molecule has 2 aromatic carbocycles. The van der Waals surface area contributed by atoms with E-state index in [0.717, 1.165) is 22.4 Å². The molecule has 2 amide bonds. The highest BCUT2D eigenvalue weighted by Gasteiger charge is 2.36. The SMILES string of the molecule is Cc1ccc(-c2c(C)nn3c2NC(=O)C3CC(=O)Nc2cccc(F)c2)cc1.